The zero-order chi connectivity index (χ0) is 12.4. The van der Waals surface area contributed by atoms with Crippen molar-refractivity contribution in [1.29, 1.82) is 0 Å². The SMILES string of the molecule is Cc1cc(Br)c(OC2CC2)c(C(C)CCN)c1. The predicted octanol–water partition coefficient (Wildman–Crippen LogP) is 3.75. The van der Waals surface area contributed by atoms with E-state index in [0.29, 0.717) is 12.0 Å². The molecule has 0 aromatic heterocycles. The van der Waals surface area contributed by atoms with Crippen molar-refractivity contribution in [3.8, 4) is 5.75 Å². The van der Waals surface area contributed by atoms with E-state index in [1.165, 1.54) is 24.0 Å². The molecule has 0 bridgehead atoms. The molecule has 0 heterocycles. The molecule has 0 radical (unpaired) electrons. The molecule has 0 saturated heterocycles. The molecular weight excluding hydrogens is 278 g/mol. The number of halogens is 1. The summed E-state index contributed by atoms with van der Waals surface area (Å²) in [4.78, 5) is 0. The van der Waals surface area contributed by atoms with Crippen LogP contribution in [-0.2, 0) is 0 Å². The fraction of sp³-hybridized carbons (Fsp3) is 0.571. The Morgan fingerprint density at radius 1 is 1.47 bits per heavy atom. The van der Waals surface area contributed by atoms with Gasteiger partial charge in [-0.25, -0.2) is 0 Å². The zero-order valence-electron chi connectivity index (χ0n) is 10.5. The quantitative estimate of drug-likeness (QED) is 0.898. The summed E-state index contributed by atoms with van der Waals surface area (Å²) in [5.41, 5.74) is 8.20. The molecule has 0 spiro atoms. The number of hydrogen-bond acceptors (Lipinski definition) is 2. The van der Waals surface area contributed by atoms with Gasteiger partial charge in [-0.1, -0.05) is 13.0 Å². The monoisotopic (exact) mass is 297 g/mol. The third-order valence-corrected chi connectivity index (χ3v) is 3.75. The Labute approximate surface area is 112 Å². The molecule has 2 rings (SSSR count). The van der Waals surface area contributed by atoms with Crippen LogP contribution in [0.1, 0.15) is 43.2 Å². The number of ether oxygens (including phenoxy) is 1. The molecule has 1 unspecified atom stereocenters. The molecule has 17 heavy (non-hydrogen) atoms. The number of hydrogen-bond donors (Lipinski definition) is 1. The van der Waals surface area contributed by atoms with E-state index >= 15 is 0 Å². The van der Waals surface area contributed by atoms with Gasteiger partial charge in [0, 0.05) is 0 Å². The van der Waals surface area contributed by atoms with Crippen LogP contribution in [0.3, 0.4) is 0 Å². The number of aryl methyl sites for hydroxylation is 1. The van der Waals surface area contributed by atoms with Crippen LogP contribution in [0.25, 0.3) is 0 Å². The van der Waals surface area contributed by atoms with Gasteiger partial charge in [0.2, 0.25) is 0 Å². The minimum atomic E-state index is 0.429. The van der Waals surface area contributed by atoms with Crippen molar-refractivity contribution in [1.82, 2.24) is 0 Å². The Balaban J connectivity index is 2.31. The largest absolute Gasteiger partial charge is 0.489 e. The van der Waals surface area contributed by atoms with Gasteiger partial charge >= 0.3 is 0 Å². The molecule has 94 valence electrons. The molecule has 0 aliphatic heterocycles. The molecular formula is C14H20BrNO. The lowest BCUT2D eigenvalue weighted by molar-refractivity contribution is 0.296. The predicted molar refractivity (Wildman–Crippen MR) is 74.6 cm³/mol. The van der Waals surface area contributed by atoms with E-state index < -0.39 is 0 Å². The third kappa shape index (κ3) is 3.23. The summed E-state index contributed by atoms with van der Waals surface area (Å²) in [6, 6.07) is 4.35. The summed E-state index contributed by atoms with van der Waals surface area (Å²) in [6.07, 6.45) is 3.80. The summed E-state index contributed by atoms with van der Waals surface area (Å²) < 4.78 is 7.09. The van der Waals surface area contributed by atoms with Crippen LogP contribution in [-0.4, -0.2) is 12.6 Å². The second kappa shape index (κ2) is 5.40. The van der Waals surface area contributed by atoms with Crippen molar-refractivity contribution >= 4 is 15.9 Å². The van der Waals surface area contributed by atoms with Crippen LogP contribution in [0.2, 0.25) is 0 Å². The molecule has 1 fully saturated rings. The topological polar surface area (TPSA) is 35.2 Å². The minimum absolute atomic E-state index is 0.429. The van der Waals surface area contributed by atoms with Crippen molar-refractivity contribution in [2.24, 2.45) is 5.73 Å². The van der Waals surface area contributed by atoms with E-state index in [0.717, 1.165) is 23.2 Å². The van der Waals surface area contributed by atoms with Crippen molar-refractivity contribution in [2.45, 2.75) is 45.1 Å². The molecule has 0 amide bonds. The summed E-state index contributed by atoms with van der Waals surface area (Å²) in [6.45, 7) is 5.05. The van der Waals surface area contributed by atoms with E-state index in [1.807, 2.05) is 0 Å². The van der Waals surface area contributed by atoms with Crippen LogP contribution in [0.4, 0.5) is 0 Å². The third-order valence-electron chi connectivity index (χ3n) is 3.16. The van der Waals surface area contributed by atoms with E-state index in [1.54, 1.807) is 0 Å². The van der Waals surface area contributed by atoms with Gasteiger partial charge in [-0.15, -0.1) is 0 Å². The van der Waals surface area contributed by atoms with E-state index in [2.05, 4.69) is 41.9 Å². The van der Waals surface area contributed by atoms with Gasteiger partial charge in [-0.2, -0.15) is 0 Å². The fourth-order valence-corrected chi connectivity index (χ4v) is 2.69. The first-order valence-electron chi connectivity index (χ1n) is 6.28. The molecule has 1 aliphatic rings. The fourth-order valence-electron chi connectivity index (χ4n) is 2.00. The lowest BCUT2D eigenvalue weighted by Gasteiger charge is -2.18. The molecule has 2 nitrogen and oxygen atoms in total. The second-order valence-corrected chi connectivity index (χ2v) is 5.82. The van der Waals surface area contributed by atoms with Crippen LogP contribution < -0.4 is 10.5 Å². The lowest BCUT2D eigenvalue weighted by atomic mass is 9.95. The maximum atomic E-state index is 6.02. The highest BCUT2D eigenvalue weighted by Crippen LogP contribution is 2.39. The van der Waals surface area contributed by atoms with Gasteiger partial charge in [0.15, 0.2) is 0 Å². The normalized spacial score (nSPS) is 16.9. The summed E-state index contributed by atoms with van der Waals surface area (Å²) in [5.74, 6) is 1.48. The first-order chi connectivity index (χ1) is 8.11. The molecule has 1 aromatic rings. The van der Waals surface area contributed by atoms with Crippen LogP contribution in [0.15, 0.2) is 16.6 Å². The van der Waals surface area contributed by atoms with Gasteiger partial charge in [0.1, 0.15) is 5.75 Å². The highest BCUT2D eigenvalue weighted by atomic mass is 79.9. The first-order valence-corrected chi connectivity index (χ1v) is 7.08. The Hall–Kier alpha value is -0.540. The lowest BCUT2D eigenvalue weighted by Crippen LogP contribution is -2.08. The van der Waals surface area contributed by atoms with Gasteiger partial charge in [-0.05, 0) is 71.8 Å². The Kier molecular flexibility index (Phi) is 4.10. The van der Waals surface area contributed by atoms with Crippen LogP contribution in [0.5, 0.6) is 5.75 Å². The average molecular weight is 298 g/mol. The average Bonchev–Trinajstić information content (AvgIpc) is 3.05. The summed E-state index contributed by atoms with van der Waals surface area (Å²) >= 11 is 3.62. The number of benzene rings is 1. The van der Waals surface area contributed by atoms with Crippen molar-refractivity contribution in [2.75, 3.05) is 6.54 Å². The minimum Gasteiger partial charge on any atom is -0.489 e. The zero-order valence-corrected chi connectivity index (χ0v) is 12.1. The highest BCUT2D eigenvalue weighted by Gasteiger charge is 2.26. The second-order valence-electron chi connectivity index (χ2n) is 4.96. The van der Waals surface area contributed by atoms with Gasteiger partial charge < -0.3 is 10.5 Å². The molecule has 1 aromatic carbocycles. The summed E-state index contributed by atoms with van der Waals surface area (Å²) in [7, 11) is 0. The van der Waals surface area contributed by atoms with E-state index in [-0.39, 0.29) is 0 Å². The Morgan fingerprint density at radius 3 is 2.76 bits per heavy atom. The Bertz CT molecular complexity index is 401. The molecule has 1 atom stereocenters. The molecule has 3 heteroatoms. The van der Waals surface area contributed by atoms with Gasteiger partial charge in [0.05, 0.1) is 10.6 Å². The van der Waals surface area contributed by atoms with Crippen molar-refractivity contribution < 1.29 is 4.74 Å². The smallest absolute Gasteiger partial charge is 0.137 e. The summed E-state index contributed by atoms with van der Waals surface area (Å²) in [5, 5.41) is 0. The number of rotatable bonds is 5. The van der Waals surface area contributed by atoms with Crippen molar-refractivity contribution in [3.63, 3.8) is 0 Å². The standard InChI is InChI=1S/C14H20BrNO/c1-9-7-12(10(2)5-6-16)14(13(15)8-9)17-11-3-4-11/h7-8,10-11H,3-6,16H2,1-2H3. The van der Waals surface area contributed by atoms with E-state index in [9.17, 15) is 0 Å². The highest BCUT2D eigenvalue weighted by molar-refractivity contribution is 9.10. The first kappa shape index (κ1) is 12.9. The maximum absolute atomic E-state index is 6.02. The molecule has 1 saturated carbocycles. The molecule has 1 aliphatic carbocycles. The number of nitrogens with two attached hydrogens (primary N) is 1. The van der Waals surface area contributed by atoms with Crippen LogP contribution in [0, 0.1) is 6.92 Å². The maximum Gasteiger partial charge on any atom is 0.137 e. The van der Waals surface area contributed by atoms with Gasteiger partial charge in [-0.3, -0.25) is 0 Å². The Morgan fingerprint density at radius 2 is 2.18 bits per heavy atom. The van der Waals surface area contributed by atoms with Gasteiger partial charge in [0.25, 0.3) is 0 Å². The van der Waals surface area contributed by atoms with Crippen LogP contribution >= 0.6 is 15.9 Å². The van der Waals surface area contributed by atoms with E-state index in [4.69, 9.17) is 10.5 Å². The van der Waals surface area contributed by atoms with Crippen molar-refractivity contribution in [3.05, 3.63) is 27.7 Å². The molecule has 2 N–H and O–H groups in total.